The lowest BCUT2D eigenvalue weighted by atomic mass is 10.4. The highest BCUT2D eigenvalue weighted by molar-refractivity contribution is 9.11. The molecule has 0 unspecified atom stereocenters. The highest BCUT2D eigenvalue weighted by Crippen LogP contribution is 2.22. The molecule has 0 atom stereocenters. The molecule has 2 nitrogen and oxygen atoms in total. The van der Waals surface area contributed by atoms with Crippen LogP contribution in [0, 0.1) is 0 Å². The number of likely N-dealkylation sites (N-methyl/N-ethyl adjacent to an activating group) is 2. The van der Waals surface area contributed by atoms with E-state index in [2.05, 4.69) is 52.3 Å². The van der Waals surface area contributed by atoms with Gasteiger partial charge >= 0.3 is 0 Å². The second kappa shape index (κ2) is 6.56. The van der Waals surface area contributed by atoms with Crippen LogP contribution in [0.5, 0.6) is 0 Å². The minimum Gasteiger partial charge on any atom is -0.316 e. The topological polar surface area (TPSA) is 15.3 Å². The molecule has 0 aliphatic heterocycles. The van der Waals surface area contributed by atoms with Crippen molar-refractivity contribution in [3.63, 3.8) is 0 Å². The molecule has 0 aliphatic rings. The Morgan fingerprint density at radius 2 is 2.29 bits per heavy atom. The molecule has 80 valence electrons. The molecule has 1 N–H and O–H groups in total. The van der Waals surface area contributed by atoms with Crippen LogP contribution in [0.15, 0.2) is 15.9 Å². The molecule has 1 heterocycles. The van der Waals surface area contributed by atoms with Crippen molar-refractivity contribution in [2.75, 3.05) is 26.7 Å². The summed E-state index contributed by atoms with van der Waals surface area (Å²) in [6, 6.07) is 4.29. The molecule has 1 aromatic rings. The van der Waals surface area contributed by atoms with Crippen molar-refractivity contribution in [3.05, 3.63) is 20.8 Å². The molecule has 1 aromatic heterocycles. The summed E-state index contributed by atoms with van der Waals surface area (Å²) in [5, 5.41) is 3.32. The SMILES string of the molecule is CCNCCN(C)Cc1ccc(Br)s1. The smallest absolute Gasteiger partial charge is 0.0701 e. The summed E-state index contributed by atoms with van der Waals surface area (Å²) < 4.78 is 1.22. The fraction of sp³-hybridized carbons (Fsp3) is 0.600. The Labute approximate surface area is 98.4 Å². The lowest BCUT2D eigenvalue weighted by Gasteiger charge is -2.15. The number of nitrogens with zero attached hydrogens (tertiary/aromatic N) is 1. The van der Waals surface area contributed by atoms with Crippen LogP contribution in [0.3, 0.4) is 0 Å². The van der Waals surface area contributed by atoms with E-state index in [4.69, 9.17) is 0 Å². The van der Waals surface area contributed by atoms with Crippen molar-refractivity contribution >= 4 is 27.3 Å². The van der Waals surface area contributed by atoms with Gasteiger partial charge in [0.2, 0.25) is 0 Å². The van der Waals surface area contributed by atoms with E-state index in [-0.39, 0.29) is 0 Å². The van der Waals surface area contributed by atoms with Gasteiger partial charge in [-0.3, -0.25) is 0 Å². The average Bonchev–Trinajstić information content (AvgIpc) is 2.52. The summed E-state index contributed by atoms with van der Waals surface area (Å²) in [6.07, 6.45) is 0. The molecule has 0 saturated heterocycles. The molecule has 0 amide bonds. The monoisotopic (exact) mass is 276 g/mol. The highest BCUT2D eigenvalue weighted by Gasteiger charge is 2.01. The highest BCUT2D eigenvalue weighted by atomic mass is 79.9. The summed E-state index contributed by atoms with van der Waals surface area (Å²) in [4.78, 5) is 3.75. The van der Waals surface area contributed by atoms with Gasteiger partial charge in [0.05, 0.1) is 3.79 Å². The third-order valence-electron chi connectivity index (χ3n) is 1.97. The van der Waals surface area contributed by atoms with Gasteiger partial charge in [-0.2, -0.15) is 0 Å². The number of halogens is 1. The predicted molar refractivity (Wildman–Crippen MR) is 66.9 cm³/mol. The van der Waals surface area contributed by atoms with E-state index in [1.807, 2.05) is 11.3 Å². The number of rotatable bonds is 6. The van der Waals surface area contributed by atoms with Crippen LogP contribution in [0.25, 0.3) is 0 Å². The van der Waals surface area contributed by atoms with E-state index >= 15 is 0 Å². The van der Waals surface area contributed by atoms with Gasteiger partial charge in [-0.25, -0.2) is 0 Å². The van der Waals surface area contributed by atoms with Crippen molar-refractivity contribution in [1.29, 1.82) is 0 Å². The van der Waals surface area contributed by atoms with E-state index in [1.165, 1.54) is 8.66 Å². The predicted octanol–water partition coefficient (Wildman–Crippen LogP) is 2.55. The van der Waals surface area contributed by atoms with Gasteiger partial charge in [-0.15, -0.1) is 11.3 Å². The number of nitrogens with one attached hydrogen (secondary N) is 1. The van der Waals surface area contributed by atoms with Gasteiger partial charge in [0.1, 0.15) is 0 Å². The second-order valence-electron chi connectivity index (χ2n) is 3.30. The minimum atomic E-state index is 1.04. The maximum absolute atomic E-state index is 3.47. The van der Waals surface area contributed by atoms with Crippen LogP contribution in [-0.2, 0) is 6.54 Å². The minimum absolute atomic E-state index is 1.04. The fourth-order valence-electron chi connectivity index (χ4n) is 1.23. The summed E-state index contributed by atoms with van der Waals surface area (Å²) >= 11 is 5.28. The Morgan fingerprint density at radius 1 is 1.50 bits per heavy atom. The van der Waals surface area contributed by atoms with E-state index in [0.29, 0.717) is 0 Å². The zero-order valence-corrected chi connectivity index (χ0v) is 11.1. The quantitative estimate of drug-likeness (QED) is 0.804. The fourth-order valence-corrected chi connectivity index (χ4v) is 2.79. The van der Waals surface area contributed by atoms with E-state index < -0.39 is 0 Å². The van der Waals surface area contributed by atoms with E-state index in [9.17, 15) is 0 Å². The summed E-state index contributed by atoms with van der Waals surface area (Å²) in [5.74, 6) is 0. The molecule has 1 rings (SSSR count). The second-order valence-corrected chi connectivity index (χ2v) is 5.84. The zero-order valence-electron chi connectivity index (χ0n) is 8.72. The Hall–Kier alpha value is 0.1000. The molecule has 0 spiro atoms. The van der Waals surface area contributed by atoms with Gasteiger partial charge in [-0.05, 0) is 41.7 Å². The van der Waals surface area contributed by atoms with Crippen LogP contribution in [-0.4, -0.2) is 31.6 Å². The molecular formula is C10H17BrN2S. The Morgan fingerprint density at radius 3 is 2.86 bits per heavy atom. The molecule has 0 bridgehead atoms. The molecule has 4 heteroatoms. The Kier molecular flexibility index (Phi) is 5.70. The average molecular weight is 277 g/mol. The van der Waals surface area contributed by atoms with Crippen molar-refractivity contribution in [1.82, 2.24) is 10.2 Å². The molecule has 0 aliphatic carbocycles. The van der Waals surface area contributed by atoms with Crippen LogP contribution in [0.4, 0.5) is 0 Å². The maximum Gasteiger partial charge on any atom is 0.0701 e. The van der Waals surface area contributed by atoms with Gasteiger partial charge in [0.15, 0.2) is 0 Å². The number of hydrogen-bond donors (Lipinski definition) is 1. The molecule has 14 heavy (non-hydrogen) atoms. The molecule has 0 aromatic carbocycles. The normalized spacial score (nSPS) is 11.1. The first-order chi connectivity index (χ1) is 6.72. The Bertz CT molecular complexity index is 262. The summed E-state index contributed by atoms with van der Waals surface area (Å²) in [6.45, 7) is 6.40. The lowest BCUT2D eigenvalue weighted by Crippen LogP contribution is -2.28. The molecule has 0 fully saturated rings. The van der Waals surface area contributed by atoms with Gasteiger partial charge in [0, 0.05) is 24.5 Å². The third-order valence-corrected chi connectivity index (χ3v) is 3.58. The maximum atomic E-state index is 3.47. The van der Waals surface area contributed by atoms with Crippen molar-refractivity contribution in [3.8, 4) is 0 Å². The molecular weight excluding hydrogens is 260 g/mol. The van der Waals surface area contributed by atoms with Crippen molar-refractivity contribution in [2.45, 2.75) is 13.5 Å². The van der Waals surface area contributed by atoms with Crippen LogP contribution >= 0.6 is 27.3 Å². The first-order valence-corrected chi connectivity index (χ1v) is 6.46. The lowest BCUT2D eigenvalue weighted by molar-refractivity contribution is 0.328. The first kappa shape index (κ1) is 12.2. The van der Waals surface area contributed by atoms with Crippen LogP contribution < -0.4 is 5.32 Å². The molecule has 0 saturated carbocycles. The largest absolute Gasteiger partial charge is 0.316 e. The molecule has 0 radical (unpaired) electrons. The van der Waals surface area contributed by atoms with Gasteiger partial charge in [-0.1, -0.05) is 6.92 Å². The van der Waals surface area contributed by atoms with E-state index in [1.54, 1.807) is 0 Å². The van der Waals surface area contributed by atoms with Crippen molar-refractivity contribution in [2.24, 2.45) is 0 Å². The van der Waals surface area contributed by atoms with E-state index in [0.717, 1.165) is 26.2 Å². The summed E-state index contributed by atoms with van der Waals surface area (Å²) in [5.41, 5.74) is 0. The van der Waals surface area contributed by atoms with Gasteiger partial charge in [0.25, 0.3) is 0 Å². The standard InChI is InChI=1S/C10H17BrN2S/c1-3-12-6-7-13(2)8-9-4-5-10(11)14-9/h4-5,12H,3,6-8H2,1-2H3. The van der Waals surface area contributed by atoms with Crippen LogP contribution in [0.2, 0.25) is 0 Å². The zero-order chi connectivity index (χ0) is 10.4. The number of thiophene rings is 1. The van der Waals surface area contributed by atoms with Crippen LogP contribution in [0.1, 0.15) is 11.8 Å². The first-order valence-electron chi connectivity index (χ1n) is 4.86. The summed E-state index contributed by atoms with van der Waals surface area (Å²) in [7, 11) is 2.16. The Balaban J connectivity index is 2.23. The number of hydrogen-bond acceptors (Lipinski definition) is 3. The van der Waals surface area contributed by atoms with Crippen molar-refractivity contribution < 1.29 is 0 Å². The third kappa shape index (κ3) is 4.55. The van der Waals surface area contributed by atoms with Gasteiger partial charge < -0.3 is 10.2 Å².